The molecular weight excluding hydrogens is 230 g/mol. The lowest BCUT2D eigenvalue weighted by Gasteiger charge is -2.00. The zero-order valence-electron chi connectivity index (χ0n) is 6.68. The molecule has 1 aromatic carbocycles. The largest absolute Gasteiger partial charge is 0.442 e. The van der Waals surface area contributed by atoms with Crippen molar-refractivity contribution in [2.75, 3.05) is 0 Å². The van der Waals surface area contributed by atoms with Crippen LogP contribution in [0.3, 0.4) is 0 Å². The monoisotopic (exact) mass is 232 g/mol. The highest BCUT2D eigenvalue weighted by molar-refractivity contribution is 7.71. The van der Waals surface area contributed by atoms with Gasteiger partial charge in [-0.15, -0.1) is 0 Å². The molecule has 5 heteroatoms. The summed E-state index contributed by atoms with van der Waals surface area (Å²) in [7, 11) is 0. The number of halogens is 3. The van der Waals surface area contributed by atoms with Crippen molar-refractivity contribution in [3.8, 4) is 0 Å². The summed E-state index contributed by atoms with van der Waals surface area (Å²) in [5, 5.41) is 0.354. The number of hydrogen-bond acceptors (Lipinski definition) is 2. The molecule has 0 saturated heterocycles. The van der Waals surface area contributed by atoms with Crippen LogP contribution in [0.25, 0.3) is 11.0 Å². The van der Waals surface area contributed by atoms with Gasteiger partial charge in [0, 0.05) is 17.5 Å². The fourth-order valence-electron chi connectivity index (χ4n) is 1.15. The van der Waals surface area contributed by atoms with Gasteiger partial charge in [-0.3, -0.25) is 0 Å². The minimum absolute atomic E-state index is 0.0630. The van der Waals surface area contributed by atoms with Gasteiger partial charge in [0.1, 0.15) is 5.82 Å². The second-order valence-electron chi connectivity index (χ2n) is 2.68. The molecule has 1 nitrogen and oxygen atoms in total. The Labute approximate surface area is 87.9 Å². The van der Waals surface area contributed by atoms with Crippen LogP contribution in [0, 0.1) is 16.3 Å². The van der Waals surface area contributed by atoms with Crippen LogP contribution < -0.4 is 0 Å². The minimum atomic E-state index is -0.811. The predicted octanol–water partition coefficient (Wildman–Crippen LogP) is 4.09. The smallest absolute Gasteiger partial charge is 0.192 e. The molecule has 0 aliphatic heterocycles. The first-order chi connectivity index (χ1) is 6.58. The van der Waals surface area contributed by atoms with Gasteiger partial charge in [0.15, 0.2) is 16.1 Å². The summed E-state index contributed by atoms with van der Waals surface area (Å²) < 4.78 is 31.0. The minimum Gasteiger partial charge on any atom is -0.442 e. The predicted molar refractivity (Wildman–Crippen MR) is 52.0 cm³/mol. The Hall–Kier alpha value is -1.00. The van der Waals surface area contributed by atoms with Crippen LogP contribution in [0.1, 0.15) is 0 Å². The first-order valence-corrected chi connectivity index (χ1v) is 4.45. The van der Waals surface area contributed by atoms with E-state index in [4.69, 9.17) is 28.2 Å². The molecule has 2 aromatic rings. The summed E-state index contributed by atoms with van der Waals surface area (Å²) >= 11 is 10.5. The number of hydrogen-bond donors (Lipinski definition) is 0. The molecule has 14 heavy (non-hydrogen) atoms. The third-order valence-corrected chi connectivity index (χ3v) is 2.23. The van der Waals surface area contributed by atoms with Crippen molar-refractivity contribution < 1.29 is 13.2 Å². The van der Waals surface area contributed by atoms with Gasteiger partial charge in [-0.2, -0.15) is 0 Å². The Kier molecular flexibility index (Phi) is 2.25. The maximum atomic E-state index is 13.2. The maximum absolute atomic E-state index is 13.2. The summed E-state index contributed by atoms with van der Waals surface area (Å²) in [4.78, 5) is 0. The van der Waals surface area contributed by atoms with Crippen molar-refractivity contribution >= 4 is 34.8 Å². The van der Waals surface area contributed by atoms with Gasteiger partial charge in [-0.05, 0) is 18.3 Å². The zero-order chi connectivity index (χ0) is 10.3. The van der Waals surface area contributed by atoms with E-state index in [-0.39, 0.29) is 20.7 Å². The number of fused-ring (bicyclic) bond motifs is 1. The van der Waals surface area contributed by atoms with Crippen LogP contribution in [0.5, 0.6) is 0 Å². The van der Waals surface area contributed by atoms with Crippen LogP contribution >= 0.6 is 23.8 Å². The molecule has 0 fully saturated rings. The highest BCUT2D eigenvalue weighted by atomic mass is 35.5. The molecule has 0 unspecified atom stereocenters. The summed E-state index contributed by atoms with van der Waals surface area (Å²) in [6.07, 6.45) is 0. The van der Waals surface area contributed by atoms with Crippen LogP contribution in [-0.4, -0.2) is 0 Å². The molecule has 0 atom stereocenters. The van der Waals surface area contributed by atoms with Gasteiger partial charge in [-0.1, -0.05) is 11.6 Å². The Morgan fingerprint density at radius 3 is 2.64 bits per heavy atom. The van der Waals surface area contributed by atoms with Crippen LogP contribution in [-0.2, 0) is 0 Å². The third kappa shape index (κ3) is 1.51. The van der Waals surface area contributed by atoms with Crippen LogP contribution in [0.2, 0.25) is 5.02 Å². The van der Waals surface area contributed by atoms with Crippen molar-refractivity contribution in [3.05, 3.63) is 39.6 Å². The van der Waals surface area contributed by atoms with E-state index in [1.165, 1.54) is 6.07 Å². The molecule has 0 amide bonds. The molecule has 0 saturated carbocycles. The Morgan fingerprint density at radius 2 is 1.93 bits per heavy atom. The molecule has 2 rings (SSSR count). The van der Waals surface area contributed by atoms with Crippen LogP contribution in [0.15, 0.2) is 22.6 Å². The Bertz CT molecular complexity index is 564. The lowest BCUT2D eigenvalue weighted by molar-refractivity contribution is 0.530. The molecule has 0 aliphatic rings. The molecular formula is C9H3ClF2OS. The second kappa shape index (κ2) is 3.29. The molecule has 1 heterocycles. The van der Waals surface area contributed by atoms with E-state index < -0.39 is 11.6 Å². The topological polar surface area (TPSA) is 13.1 Å². The fourth-order valence-corrected chi connectivity index (χ4v) is 1.66. The van der Waals surface area contributed by atoms with Crippen LogP contribution in [0.4, 0.5) is 8.78 Å². The molecule has 0 bridgehead atoms. The van der Waals surface area contributed by atoms with Gasteiger partial charge in [0.25, 0.3) is 0 Å². The third-order valence-electron chi connectivity index (χ3n) is 1.71. The van der Waals surface area contributed by atoms with E-state index in [9.17, 15) is 8.78 Å². The molecule has 0 radical (unpaired) electrons. The molecule has 1 aromatic heterocycles. The average Bonchev–Trinajstić information content (AvgIpc) is 2.07. The van der Waals surface area contributed by atoms with Gasteiger partial charge < -0.3 is 4.42 Å². The van der Waals surface area contributed by atoms with Crippen molar-refractivity contribution in [1.82, 2.24) is 0 Å². The average molecular weight is 233 g/mol. The zero-order valence-corrected chi connectivity index (χ0v) is 8.25. The first-order valence-electron chi connectivity index (χ1n) is 3.66. The fraction of sp³-hybridized carbons (Fsp3) is 0. The van der Waals surface area contributed by atoms with E-state index in [1.54, 1.807) is 0 Å². The molecule has 0 spiro atoms. The van der Waals surface area contributed by atoms with E-state index >= 15 is 0 Å². The van der Waals surface area contributed by atoms with Gasteiger partial charge in [-0.25, -0.2) is 8.78 Å². The van der Waals surface area contributed by atoms with E-state index in [1.807, 2.05) is 0 Å². The summed E-state index contributed by atoms with van der Waals surface area (Å²) in [5.74, 6) is -1.52. The summed E-state index contributed by atoms with van der Waals surface area (Å²) in [5.41, 5.74) is -0.121. The molecule has 72 valence electrons. The Morgan fingerprint density at radius 1 is 1.21 bits per heavy atom. The lowest BCUT2D eigenvalue weighted by atomic mass is 10.2. The quantitative estimate of drug-likeness (QED) is 0.635. The van der Waals surface area contributed by atoms with Crippen molar-refractivity contribution in [3.63, 3.8) is 0 Å². The van der Waals surface area contributed by atoms with Crippen molar-refractivity contribution in [2.24, 2.45) is 0 Å². The van der Waals surface area contributed by atoms with Crippen molar-refractivity contribution in [2.45, 2.75) is 0 Å². The summed E-state index contributed by atoms with van der Waals surface area (Å²) in [6, 6.07) is 3.15. The summed E-state index contributed by atoms with van der Waals surface area (Å²) in [6.45, 7) is 0. The molecule has 0 aliphatic carbocycles. The maximum Gasteiger partial charge on any atom is 0.192 e. The Balaban J connectivity index is 3.01. The lowest BCUT2D eigenvalue weighted by Crippen LogP contribution is -1.84. The number of benzene rings is 1. The SMILES string of the molecule is Fc1cc(F)c2oc(=S)cc(Cl)c2c1. The first kappa shape index (κ1) is 9.55. The normalized spacial score (nSPS) is 10.8. The van der Waals surface area contributed by atoms with Gasteiger partial charge in [0.05, 0.1) is 5.02 Å². The highest BCUT2D eigenvalue weighted by Crippen LogP contribution is 2.26. The van der Waals surface area contributed by atoms with E-state index in [0.717, 1.165) is 12.1 Å². The standard InChI is InChI=1S/C9H3ClF2OS/c10-6-3-8(14)13-9-5(6)1-4(11)2-7(9)12/h1-3H. The number of rotatable bonds is 0. The van der Waals surface area contributed by atoms with Gasteiger partial charge in [0.2, 0.25) is 0 Å². The van der Waals surface area contributed by atoms with E-state index in [2.05, 4.69) is 0 Å². The van der Waals surface area contributed by atoms with E-state index in [0.29, 0.717) is 0 Å². The van der Waals surface area contributed by atoms with Crippen molar-refractivity contribution in [1.29, 1.82) is 0 Å². The highest BCUT2D eigenvalue weighted by Gasteiger charge is 2.09. The molecule has 0 N–H and O–H groups in total. The second-order valence-corrected chi connectivity index (χ2v) is 3.49. The van der Waals surface area contributed by atoms with Gasteiger partial charge >= 0.3 is 0 Å².